The maximum atomic E-state index is 4.09. The van der Waals surface area contributed by atoms with Crippen molar-refractivity contribution in [2.24, 2.45) is 5.92 Å². The van der Waals surface area contributed by atoms with E-state index < -0.39 is 0 Å². The van der Waals surface area contributed by atoms with Gasteiger partial charge in [-0.2, -0.15) is 0 Å². The quantitative estimate of drug-likeness (QED) is 0.878. The first-order valence-electron chi connectivity index (χ1n) is 5.41. The summed E-state index contributed by atoms with van der Waals surface area (Å²) in [5, 5.41) is 5.74. The molecule has 1 N–H and O–H groups in total. The molecule has 4 heteroatoms. The number of rotatable bonds is 5. The van der Waals surface area contributed by atoms with Gasteiger partial charge in [0.2, 0.25) is 0 Å². The van der Waals surface area contributed by atoms with E-state index in [9.17, 15) is 0 Å². The van der Waals surface area contributed by atoms with Crippen LogP contribution < -0.4 is 5.32 Å². The molecular formula is C12H16N2S2. The number of nitrogens with zero attached hydrogens (tertiary/aromatic N) is 1. The number of thiazole rings is 1. The Kier molecular flexibility index (Phi) is 4.09. The third kappa shape index (κ3) is 2.90. The second kappa shape index (κ2) is 5.57. The number of hydrogen-bond acceptors (Lipinski definition) is 4. The number of hydrogen-bond donors (Lipinski definition) is 1. The van der Waals surface area contributed by atoms with Gasteiger partial charge in [-0.25, -0.2) is 0 Å². The number of nitrogens with one attached hydrogen (secondary N) is 1. The Hall–Kier alpha value is -0.710. The Morgan fingerprint density at radius 1 is 1.38 bits per heavy atom. The molecule has 0 aliphatic rings. The third-order valence-corrected chi connectivity index (χ3v) is 4.23. The zero-order valence-electron chi connectivity index (χ0n) is 9.51. The van der Waals surface area contributed by atoms with Crippen molar-refractivity contribution in [3.05, 3.63) is 39.0 Å². The van der Waals surface area contributed by atoms with Crippen LogP contribution in [-0.4, -0.2) is 4.98 Å². The second-order valence-corrected chi connectivity index (χ2v) is 6.04. The lowest BCUT2D eigenvalue weighted by Crippen LogP contribution is -2.24. The van der Waals surface area contributed by atoms with Crippen molar-refractivity contribution in [1.82, 2.24) is 10.3 Å². The Bertz CT molecular complexity index is 393. The molecule has 16 heavy (non-hydrogen) atoms. The molecule has 0 amide bonds. The monoisotopic (exact) mass is 252 g/mol. The lowest BCUT2D eigenvalue weighted by Gasteiger charge is -2.20. The van der Waals surface area contributed by atoms with E-state index in [0.717, 1.165) is 6.54 Å². The first-order valence-corrected chi connectivity index (χ1v) is 7.17. The topological polar surface area (TPSA) is 24.9 Å². The van der Waals surface area contributed by atoms with Crippen LogP contribution in [0.25, 0.3) is 0 Å². The molecule has 86 valence electrons. The molecule has 0 saturated heterocycles. The molecular weight excluding hydrogens is 236 g/mol. The van der Waals surface area contributed by atoms with Crippen molar-refractivity contribution in [2.75, 3.05) is 0 Å². The molecule has 0 radical (unpaired) electrons. The van der Waals surface area contributed by atoms with Crippen LogP contribution in [0.5, 0.6) is 0 Å². The number of aromatic nitrogens is 1. The van der Waals surface area contributed by atoms with Crippen molar-refractivity contribution in [3.63, 3.8) is 0 Å². The minimum atomic E-state index is 0.446. The van der Waals surface area contributed by atoms with Gasteiger partial charge in [0.25, 0.3) is 0 Å². The molecule has 1 atom stereocenters. The average Bonchev–Trinajstić information content (AvgIpc) is 2.88. The fraction of sp³-hybridized carbons (Fsp3) is 0.417. The summed E-state index contributed by atoms with van der Waals surface area (Å²) in [5.74, 6) is 0.603. The molecule has 0 aliphatic heterocycles. The normalized spacial score (nSPS) is 13.2. The maximum Gasteiger partial charge on any atom is 0.0794 e. The van der Waals surface area contributed by atoms with E-state index >= 15 is 0 Å². The second-order valence-electron chi connectivity index (χ2n) is 4.09. The highest BCUT2D eigenvalue weighted by molar-refractivity contribution is 7.10. The van der Waals surface area contributed by atoms with Gasteiger partial charge in [0, 0.05) is 28.5 Å². The molecule has 0 spiro atoms. The van der Waals surface area contributed by atoms with Gasteiger partial charge < -0.3 is 5.32 Å². The lowest BCUT2D eigenvalue weighted by atomic mass is 10.0. The smallest absolute Gasteiger partial charge is 0.0794 e. The molecule has 2 aromatic rings. The molecule has 2 aromatic heterocycles. The Morgan fingerprint density at radius 3 is 2.81 bits per heavy atom. The highest BCUT2D eigenvalue weighted by Crippen LogP contribution is 2.26. The predicted molar refractivity (Wildman–Crippen MR) is 70.9 cm³/mol. The molecule has 0 aromatic carbocycles. The van der Waals surface area contributed by atoms with Crippen molar-refractivity contribution >= 4 is 22.7 Å². The molecule has 0 saturated carbocycles. The van der Waals surface area contributed by atoms with Gasteiger partial charge in [-0.1, -0.05) is 19.9 Å². The molecule has 1 unspecified atom stereocenters. The lowest BCUT2D eigenvalue weighted by molar-refractivity contribution is 0.418. The Labute approximate surface area is 104 Å². The highest BCUT2D eigenvalue weighted by atomic mass is 32.1. The Morgan fingerprint density at radius 2 is 2.25 bits per heavy atom. The first kappa shape index (κ1) is 11.8. The van der Waals surface area contributed by atoms with E-state index in [2.05, 4.69) is 41.7 Å². The van der Waals surface area contributed by atoms with Gasteiger partial charge in [0.1, 0.15) is 0 Å². The van der Waals surface area contributed by atoms with Crippen molar-refractivity contribution < 1.29 is 0 Å². The minimum absolute atomic E-state index is 0.446. The van der Waals surface area contributed by atoms with Crippen molar-refractivity contribution in [1.29, 1.82) is 0 Å². The van der Waals surface area contributed by atoms with Crippen LogP contribution in [0, 0.1) is 5.92 Å². The van der Waals surface area contributed by atoms with Crippen molar-refractivity contribution in [3.8, 4) is 0 Å². The van der Waals surface area contributed by atoms with Crippen LogP contribution >= 0.6 is 22.7 Å². The first-order chi connectivity index (χ1) is 7.77. The van der Waals surface area contributed by atoms with E-state index in [4.69, 9.17) is 0 Å². The van der Waals surface area contributed by atoms with Gasteiger partial charge in [-0.3, -0.25) is 4.98 Å². The summed E-state index contributed by atoms with van der Waals surface area (Å²) in [5.41, 5.74) is 1.88. The zero-order valence-corrected chi connectivity index (χ0v) is 11.1. The summed E-state index contributed by atoms with van der Waals surface area (Å²) in [6.45, 7) is 5.42. The molecule has 0 fully saturated rings. The van der Waals surface area contributed by atoms with Crippen LogP contribution in [0.3, 0.4) is 0 Å². The van der Waals surface area contributed by atoms with Crippen LogP contribution in [-0.2, 0) is 6.54 Å². The molecule has 0 bridgehead atoms. The standard InChI is InChI=1S/C12H16N2S2/c1-9(2)12(11-4-3-5-15-11)14-7-10-6-13-8-16-10/h3-6,8-9,12,14H,7H2,1-2H3. The summed E-state index contributed by atoms with van der Waals surface area (Å²) in [4.78, 5) is 6.80. The van der Waals surface area contributed by atoms with Gasteiger partial charge in [-0.05, 0) is 17.4 Å². The van der Waals surface area contributed by atoms with Crippen LogP contribution in [0.15, 0.2) is 29.2 Å². The van der Waals surface area contributed by atoms with E-state index in [1.807, 2.05) is 23.0 Å². The van der Waals surface area contributed by atoms with Crippen LogP contribution in [0.4, 0.5) is 0 Å². The van der Waals surface area contributed by atoms with Gasteiger partial charge in [-0.15, -0.1) is 22.7 Å². The summed E-state index contributed by atoms with van der Waals surface area (Å²) in [6.07, 6.45) is 1.93. The summed E-state index contributed by atoms with van der Waals surface area (Å²) in [7, 11) is 0. The third-order valence-electron chi connectivity index (χ3n) is 2.50. The summed E-state index contributed by atoms with van der Waals surface area (Å²) in [6, 6.07) is 4.76. The molecule has 0 aliphatic carbocycles. The SMILES string of the molecule is CC(C)C(NCc1cncs1)c1cccs1. The van der Waals surface area contributed by atoms with Gasteiger partial charge in [0.05, 0.1) is 5.51 Å². The van der Waals surface area contributed by atoms with Gasteiger partial charge >= 0.3 is 0 Å². The fourth-order valence-corrected chi connectivity index (χ4v) is 3.19. The molecule has 2 nitrogen and oxygen atoms in total. The van der Waals surface area contributed by atoms with E-state index in [0.29, 0.717) is 12.0 Å². The summed E-state index contributed by atoms with van der Waals surface area (Å²) < 4.78 is 0. The average molecular weight is 252 g/mol. The molecule has 2 rings (SSSR count). The summed E-state index contributed by atoms with van der Waals surface area (Å²) >= 11 is 3.53. The minimum Gasteiger partial charge on any atom is -0.304 e. The zero-order chi connectivity index (χ0) is 11.4. The van der Waals surface area contributed by atoms with E-state index in [1.54, 1.807) is 11.3 Å². The largest absolute Gasteiger partial charge is 0.304 e. The Balaban J connectivity index is 1.99. The predicted octanol–water partition coefficient (Wildman–Crippen LogP) is 3.69. The maximum absolute atomic E-state index is 4.09. The van der Waals surface area contributed by atoms with E-state index in [-0.39, 0.29) is 0 Å². The van der Waals surface area contributed by atoms with Crippen LogP contribution in [0.2, 0.25) is 0 Å². The number of thiophene rings is 1. The highest BCUT2D eigenvalue weighted by Gasteiger charge is 2.16. The fourth-order valence-electron chi connectivity index (χ4n) is 1.67. The van der Waals surface area contributed by atoms with Gasteiger partial charge in [0.15, 0.2) is 0 Å². The van der Waals surface area contributed by atoms with Crippen LogP contribution in [0.1, 0.15) is 29.6 Å². The van der Waals surface area contributed by atoms with Crippen molar-refractivity contribution in [2.45, 2.75) is 26.4 Å². The molecule has 2 heterocycles. The van der Waals surface area contributed by atoms with E-state index in [1.165, 1.54) is 9.75 Å².